The Morgan fingerprint density at radius 3 is 2.44 bits per heavy atom. The lowest BCUT2D eigenvalue weighted by molar-refractivity contribution is 0.0937. The average molecular weight is 246 g/mol. The molecule has 18 heavy (non-hydrogen) atoms. The van der Waals surface area contributed by atoms with Crippen molar-refractivity contribution < 1.29 is 4.79 Å². The zero-order chi connectivity index (χ0) is 13.1. The average Bonchev–Trinajstić information content (AvgIpc) is 2.75. The Balaban J connectivity index is 1.96. The van der Waals surface area contributed by atoms with Crippen LogP contribution in [0.1, 0.15) is 54.9 Å². The summed E-state index contributed by atoms with van der Waals surface area (Å²) in [4.78, 5) is 12.0. The van der Waals surface area contributed by atoms with E-state index in [2.05, 4.69) is 19.2 Å². The summed E-state index contributed by atoms with van der Waals surface area (Å²) in [5.74, 6) is 0.513. The van der Waals surface area contributed by atoms with Crippen molar-refractivity contribution in [2.45, 2.75) is 51.1 Å². The SMILES string of the molecule is CC(C)c1ccc(C(=O)NC2CCC(N)C2)cc1. The molecule has 0 saturated heterocycles. The third-order valence-corrected chi connectivity index (χ3v) is 3.65. The lowest BCUT2D eigenvalue weighted by Crippen LogP contribution is -2.34. The summed E-state index contributed by atoms with van der Waals surface area (Å²) < 4.78 is 0. The second kappa shape index (κ2) is 5.53. The van der Waals surface area contributed by atoms with Crippen molar-refractivity contribution in [2.75, 3.05) is 0 Å². The van der Waals surface area contributed by atoms with Crippen molar-refractivity contribution in [1.29, 1.82) is 0 Å². The first-order valence-electron chi connectivity index (χ1n) is 6.72. The van der Waals surface area contributed by atoms with E-state index in [1.165, 1.54) is 5.56 Å². The van der Waals surface area contributed by atoms with Crippen LogP contribution in [0.5, 0.6) is 0 Å². The molecule has 3 heteroatoms. The third kappa shape index (κ3) is 3.10. The van der Waals surface area contributed by atoms with Gasteiger partial charge in [0, 0.05) is 17.6 Å². The summed E-state index contributed by atoms with van der Waals surface area (Å²) in [5.41, 5.74) is 7.84. The van der Waals surface area contributed by atoms with E-state index in [4.69, 9.17) is 5.73 Å². The van der Waals surface area contributed by atoms with Crippen molar-refractivity contribution >= 4 is 5.91 Å². The van der Waals surface area contributed by atoms with E-state index in [-0.39, 0.29) is 18.0 Å². The maximum atomic E-state index is 12.0. The Morgan fingerprint density at radius 1 is 1.28 bits per heavy atom. The Morgan fingerprint density at radius 2 is 1.94 bits per heavy atom. The summed E-state index contributed by atoms with van der Waals surface area (Å²) in [6.07, 6.45) is 2.91. The van der Waals surface area contributed by atoms with E-state index in [1.54, 1.807) is 0 Å². The van der Waals surface area contributed by atoms with E-state index < -0.39 is 0 Å². The second-order valence-corrected chi connectivity index (χ2v) is 5.52. The third-order valence-electron chi connectivity index (χ3n) is 3.65. The molecular formula is C15H22N2O. The molecule has 3 N–H and O–H groups in total. The van der Waals surface area contributed by atoms with Crippen LogP contribution in [0.15, 0.2) is 24.3 Å². The lowest BCUT2D eigenvalue weighted by Gasteiger charge is -2.13. The largest absolute Gasteiger partial charge is 0.349 e. The minimum absolute atomic E-state index is 0.0180. The van der Waals surface area contributed by atoms with Gasteiger partial charge in [0.25, 0.3) is 5.91 Å². The first-order chi connectivity index (χ1) is 8.56. The lowest BCUT2D eigenvalue weighted by atomic mass is 10.0. The van der Waals surface area contributed by atoms with Gasteiger partial charge in [-0.3, -0.25) is 4.79 Å². The van der Waals surface area contributed by atoms with Gasteiger partial charge in [0.05, 0.1) is 0 Å². The van der Waals surface area contributed by atoms with Crippen molar-refractivity contribution in [2.24, 2.45) is 5.73 Å². The Bertz CT molecular complexity index is 411. The van der Waals surface area contributed by atoms with Crippen LogP contribution in [-0.4, -0.2) is 18.0 Å². The molecule has 98 valence electrons. The second-order valence-electron chi connectivity index (χ2n) is 5.52. The molecule has 2 unspecified atom stereocenters. The van der Waals surface area contributed by atoms with E-state index in [0.717, 1.165) is 24.8 Å². The van der Waals surface area contributed by atoms with E-state index in [0.29, 0.717) is 5.92 Å². The molecule has 1 aromatic rings. The van der Waals surface area contributed by atoms with Gasteiger partial charge in [-0.2, -0.15) is 0 Å². The van der Waals surface area contributed by atoms with Crippen molar-refractivity contribution in [3.63, 3.8) is 0 Å². The Kier molecular flexibility index (Phi) is 4.02. The minimum Gasteiger partial charge on any atom is -0.349 e. The molecule has 0 aromatic heterocycles. The van der Waals surface area contributed by atoms with Crippen molar-refractivity contribution in [3.8, 4) is 0 Å². The number of hydrogen-bond acceptors (Lipinski definition) is 2. The monoisotopic (exact) mass is 246 g/mol. The van der Waals surface area contributed by atoms with Gasteiger partial charge in [-0.1, -0.05) is 26.0 Å². The summed E-state index contributed by atoms with van der Waals surface area (Å²) in [5, 5.41) is 3.06. The smallest absolute Gasteiger partial charge is 0.251 e. The van der Waals surface area contributed by atoms with E-state index in [1.807, 2.05) is 24.3 Å². The Hall–Kier alpha value is -1.35. The first-order valence-corrected chi connectivity index (χ1v) is 6.72. The standard InChI is InChI=1S/C15H22N2O/c1-10(2)11-3-5-12(6-4-11)15(18)17-14-8-7-13(16)9-14/h3-6,10,13-14H,7-9,16H2,1-2H3,(H,17,18). The molecule has 1 aliphatic rings. The number of rotatable bonds is 3. The Labute approximate surface area is 109 Å². The number of carbonyl (C=O) groups is 1. The van der Waals surface area contributed by atoms with Crippen molar-refractivity contribution in [3.05, 3.63) is 35.4 Å². The summed E-state index contributed by atoms with van der Waals surface area (Å²) in [6.45, 7) is 4.30. The number of nitrogens with two attached hydrogens (primary N) is 1. The van der Waals surface area contributed by atoms with E-state index in [9.17, 15) is 4.79 Å². The summed E-state index contributed by atoms with van der Waals surface area (Å²) in [7, 11) is 0. The van der Waals surface area contributed by atoms with Gasteiger partial charge in [0.1, 0.15) is 0 Å². The summed E-state index contributed by atoms with van der Waals surface area (Å²) >= 11 is 0. The van der Waals surface area contributed by atoms with Crippen LogP contribution in [-0.2, 0) is 0 Å². The van der Waals surface area contributed by atoms with Crippen LogP contribution >= 0.6 is 0 Å². The molecule has 0 heterocycles. The molecule has 2 rings (SSSR count). The van der Waals surface area contributed by atoms with Crippen LogP contribution in [0.4, 0.5) is 0 Å². The molecular weight excluding hydrogens is 224 g/mol. The predicted octanol–water partition coefficient (Wildman–Crippen LogP) is 2.42. The van der Waals surface area contributed by atoms with Gasteiger partial charge in [-0.15, -0.1) is 0 Å². The molecule has 1 saturated carbocycles. The fraction of sp³-hybridized carbons (Fsp3) is 0.533. The number of carbonyl (C=O) groups excluding carboxylic acids is 1. The van der Waals surface area contributed by atoms with Crippen LogP contribution < -0.4 is 11.1 Å². The predicted molar refractivity (Wildman–Crippen MR) is 73.6 cm³/mol. The number of amides is 1. The highest BCUT2D eigenvalue weighted by molar-refractivity contribution is 5.94. The number of nitrogens with one attached hydrogen (secondary N) is 1. The highest BCUT2D eigenvalue weighted by atomic mass is 16.1. The molecule has 1 amide bonds. The minimum atomic E-state index is 0.0180. The fourth-order valence-electron chi connectivity index (χ4n) is 2.44. The molecule has 0 radical (unpaired) electrons. The molecule has 2 atom stereocenters. The van der Waals surface area contributed by atoms with Gasteiger partial charge in [0.2, 0.25) is 0 Å². The van der Waals surface area contributed by atoms with Crippen LogP contribution in [0.2, 0.25) is 0 Å². The topological polar surface area (TPSA) is 55.1 Å². The maximum absolute atomic E-state index is 12.0. The van der Waals surface area contributed by atoms with Crippen LogP contribution in [0, 0.1) is 0 Å². The number of benzene rings is 1. The van der Waals surface area contributed by atoms with Gasteiger partial charge < -0.3 is 11.1 Å². The molecule has 0 bridgehead atoms. The van der Waals surface area contributed by atoms with E-state index >= 15 is 0 Å². The van der Waals surface area contributed by atoms with Crippen molar-refractivity contribution in [1.82, 2.24) is 5.32 Å². The van der Waals surface area contributed by atoms with Crippen LogP contribution in [0.3, 0.4) is 0 Å². The van der Waals surface area contributed by atoms with Gasteiger partial charge in [0.15, 0.2) is 0 Å². The van der Waals surface area contributed by atoms with Gasteiger partial charge >= 0.3 is 0 Å². The molecule has 0 spiro atoms. The molecule has 1 aromatic carbocycles. The maximum Gasteiger partial charge on any atom is 0.251 e. The van der Waals surface area contributed by atoms with Gasteiger partial charge in [-0.25, -0.2) is 0 Å². The van der Waals surface area contributed by atoms with Crippen LogP contribution in [0.25, 0.3) is 0 Å². The fourth-order valence-corrected chi connectivity index (χ4v) is 2.44. The highest BCUT2D eigenvalue weighted by Gasteiger charge is 2.23. The molecule has 3 nitrogen and oxygen atoms in total. The molecule has 1 fully saturated rings. The van der Waals surface area contributed by atoms with Gasteiger partial charge in [-0.05, 0) is 42.9 Å². The zero-order valence-electron chi connectivity index (χ0n) is 11.1. The molecule has 0 aliphatic heterocycles. The summed E-state index contributed by atoms with van der Waals surface area (Å²) in [6, 6.07) is 8.36. The normalized spacial score (nSPS) is 23.3. The molecule has 1 aliphatic carbocycles. The number of hydrogen-bond donors (Lipinski definition) is 2. The highest BCUT2D eigenvalue weighted by Crippen LogP contribution is 2.18. The quantitative estimate of drug-likeness (QED) is 0.860. The first kappa shape index (κ1) is 13.1. The zero-order valence-corrected chi connectivity index (χ0v) is 11.1.